The number of thioether (sulfide) groups is 1. The number of rotatable bonds is 5. The third kappa shape index (κ3) is 5.17. The fourth-order valence-electron chi connectivity index (χ4n) is 4.13. The molecule has 1 heterocycles. The first kappa shape index (κ1) is 19.6. The van der Waals surface area contributed by atoms with Crippen LogP contribution in [-0.2, 0) is 4.74 Å². The average Bonchev–Trinajstić information content (AvgIpc) is 2.73. The topological polar surface area (TPSA) is 45.7 Å². The SMILES string of the molecule is CN=C(NCC1(SC)CCOCC1)NC1CCC(c2ccccc2)CC1. The second kappa shape index (κ2) is 9.65. The molecule has 2 fully saturated rings. The summed E-state index contributed by atoms with van der Waals surface area (Å²) in [6.45, 7) is 2.70. The van der Waals surface area contributed by atoms with E-state index in [1.807, 2.05) is 18.8 Å². The molecule has 2 aliphatic rings. The lowest BCUT2D eigenvalue weighted by Crippen LogP contribution is -2.50. The van der Waals surface area contributed by atoms with E-state index in [2.05, 4.69) is 52.2 Å². The van der Waals surface area contributed by atoms with Crippen molar-refractivity contribution in [3.63, 3.8) is 0 Å². The quantitative estimate of drug-likeness (QED) is 0.607. The largest absolute Gasteiger partial charge is 0.381 e. The van der Waals surface area contributed by atoms with Crippen molar-refractivity contribution in [1.82, 2.24) is 10.6 Å². The third-order valence-corrected chi connectivity index (χ3v) is 7.40. The van der Waals surface area contributed by atoms with Crippen LogP contribution >= 0.6 is 11.8 Å². The smallest absolute Gasteiger partial charge is 0.191 e. The van der Waals surface area contributed by atoms with E-state index in [0.29, 0.717) is 12.0 Å². The van der Waals surface area contributed by atoms with E-state index >= 15 is 0 Å². The van der Waals surface area contributed by atoms with Gasteiger partial charge in [-0.1, -0.05) is 30.3 Å². The van der Waals surface area contributed by atoms with Crippen molar-refractivity contribution < 1.29 is 4.74 Å². The zero-order valence-corrected chi connectivity index (χ0v) is 17.0. The Balaban J connectivity index is 1.45. The summed E-state index contributed by atoms with van der Waals surface area (Å²) in [7, 11) is 1.88. The van der Waals surface area contributed by atoms with Crippen molar-refractivity contribution in [3.05, 3.63) is 35.9 Å². The number of guanidine groups is 1. The Bertz CT molecular complexity index is 564. The van der Waals surface area contributed by atoms with Gasteiger partial charge in [0.25, 0.3) is 0 Å². The van der Waals surface area contributed by atoms with E-state index in [4.69, 9.17) is 4.74 Å². The van der Waals surface area contributed by atoms with Gasteiger partial charge in [-0.05, 0) is 56.3 Å². The number of benzene rings is 1. The zero-order valence-electron chi connectivity index (χ0n) is 16.2. The van der Waals surface area contributed by atoms with Crippen molar-refractivity contribution in [3.8, 4) is 0 Å². The number of nitrogens with one attached hydrogen (secondary N) is 2. The van der Waals surface area contributed by atoms with Crippen LogP contribution < -0.4 is 10.6 Å². The molecule has 144 valence electrons. The monoisotopic (exact) mass is 375 g/mol. The van der Waals surface area contributed by atoms with Crippen molar-refractivity contribution in [1.29, 1.82) is 0 Å². The maximum Gasteiger partial charge on any atom is 0.191 e. The molecular formula is C21H33N3OS. The van der Waals surface area contributed by atoms with Gasteiger partial charge in [0, 0.05) is 37.6 Å². The van der Waals surface area contributed by atoms with Crippen LogP contribution in [0.5, 0.6) is 0 Å². The summed E-state index contributed by atoms with van der Waals surface area (Å²) < 4.78 is 5.82. The van der Waals surface area contributed by atoms with Crippen molar-refractivity contribution in [2.75, 3.05) is 33.1 Å². The lowest BCUT2D eigenvalue weighted by atomic mass is 9.82. The summed E-state index contributed by atoms with van der Waals surface area (Å²) in [6.07, 6.45) is 9.37. The number of hydrogen-bond acceptors (Lipinski definition) is 3. The maximum atomic E-state index is 5.54. The number of aliphatic imine (C=N–C) groups is 1. The Morgan fingerprint density at radius 2 is 1.85 bits per heavy atom. The van der Waals surface area contributed by atoms with Crippen LogP contribution in [0.4, 0.5) is 0 Å². The highest BCUT2D eigenvalue weighted by molar-refractivity contribution is 8.00. The molecule has 2 N–H and O–H groups in total. The molecule has 1 saturated heterocycles. The Hall–Kier alpha value is -1.20. The number of nitrogens with zero attached hydrogens (tertiary/aromatic N) is 1. The van der Waals surface area contributed by atoms with Gasteiger partial charge in [0.2, 0.25) is 0 Å². The molecule has 4 nitrogen and oxygen atoms in total. The van der Waals surface area contributed by atoms with Crippen LogP contribution in [0.3, 0.4) is 0 Å². The lowest BCUT2D eigenvalue weighted by molar-refractivity contribution is 0.0782. The molecular weight excluding hydrogens is 342 g/mol. The average molecular weight is 376 g/mol. The first-order valence-corrected chi connectivity index (χ1v) is 11.1. The molecule has 1 saturated carbocycles. The summed E-state index contributed by atoms with van der Waals surface area (Å²) in [4.78, 5) is 4.46. The van der Waals surface area contributed by atoms with Crippen molar-refractivity contribution in [2.45, 2.75) is 55.2 Å². The number of hydrogen-bond donors (Lipinski definition) is 2. The molecule has 0 amide bonds. The lowest BCUT2D eigenvalue weighted by Gasteiger charge is -2.36. The summed E-state index contributed by atoms with van der Waals surface area (Å²) >= 11 is 1.96. The van der Waals surface area contributed by atoms with E-state index in [0.717, 1.165) is 38.6 Å². The van der Waals surface area contributed by atoms with Crippen LogP contribution in [0, 0.1) is 0 Å². The van der Waals surface area contributed by atoms with E-state index in [-0.39, 0.29) is 4.75 Å². The van der Waals surface area contributed by atoms with Crippen LogP contribution in [0.1, 0.15) is 50.0 Å². The molecule has 0 aromatic heterocycles. The molecule has 0 unspecified atom stereocenters. The van der Waals surface area contributed by atoms with Gasteiger partial charge < -0.3 is 15.4 Å². The van der Waals surface area contributed by atoms with E-state index in [9.17, 15) is 0 Å². The van der Waals surface area contributed by atoms with Gasteiger partial charge in [-0.2, -0.15) is 11.8 Å². The van der Waals surface area contributed by atoms with Gasteiger partial charge in [-0.25, -0.2) is 0 Å². The van der Waals surface area contributed by atoms with Crippen molar-refractivity contribution >= 4 is 17.7 Å². The minimum Gasteiger partial charge on any atom is -0.381 e. The van der Waals surface area contributed by atoms with Gasteiger partial charge in [0.15, 0.2) is 5.96 Å². The maximum absolute atomic E-state index is 5.54. The van der Waals surface area contributed by atoms with Gasteiger partial charge in [-0.15, -0.1) is 0 Å². The Kier molecular flexibility index (Phi) is 7.26. The summed E-state index contributed by atoms with van der Waals surface area (Å²) in [5, 5.41) is 7.24. The van der Waals surface area contributed by atoms with E-state index in [1.54, 1.807) is 0 Å². The molecule has 0 radical (unpaired) electrons. The predicted molar refractivity (Wildman–Crippen MR) is 112 cm³/mol. The first-order chi connectivity index (χ1) is 12.7. The van der Waals surface area contributed by atoms with Crippen LogP contribution in [0.25, 0.3) is 0 Å². The van der Waals surface area contributed by atoms with Crippen LogP contribution in [0.2, 0.25) is 0 Å². The molecule has 1 aromatic rings. The minimum absolute atomic E-state index is 0.279. The third-order valence-electron chi connectivity index (χ3n) is 5.98. The fourth-order valence-corrected chi connectivity index (χ4v) is 4.92. The van der Waals surface area contributed by atoms with Crippen LogP contribution in [0.15, 0.2) is 35.3 Å². The van der Waals surface area contributed by atoms with E-state index in [1.165, 1.54) is 31.2 Å². The van der Waals surface area contributed by atoms with E-state index < -0.39 is 0 Å². The molecule has 0 spiro atoms. The molecule has 3 rings (SSSR count). The van der Waals surface area contributed by atoms with Gasteiger partial charge in [-0.3, -0.25) is 4.99 Å². The molecule has 26 heavy (non-hydrogen) atoms. The molecule has 1 aliphatic heterocycles. The molecule has 5 heteroatoms. The summed E-state index contributed by atoms with van der Waals surface area (Å²) in [5.41, 5.74) is 1.50. The Morgan fingerprint density at radius 1 is 1.15 bits per heavy atom. The highest BCUT2D eigenvalue weighted by Crippen LogP contribution is 2.34. The zero-order chi connectivity index (χ0) is 18.2. The Labute approximate surface area is 162 Å². The second-order valence-corrected chi connectivity index (χ2v) is 8.80. The summed E-state index contributed by atoms with van der Waals surface area (Å²) in [6, 6.07) is 11.5. The molecule has 0 atom stereocenters. The molecule has 0 bridgehead atoms. The highest BCUT2D eigenvalue weighted by Gasteiger charge is 2.32. The first-order valence-electron chi connectivity index (χ1n) is 9.90. The summed E-state index contributed by atoms with van der Waals surface area (Å²) in [5.74, 6) is 1.67. The second-order valence-electron chi connectivity index (χ2n) is 7.53. The fraction of sp³-hybridized carbons (Fsp3) is 0.667. The normalized spacial score (nSPS) is 26.3. The Morgan fingerprint density at radius 3 is 2.46 bits per heavy atom. The standard InChI is InChI=1S/C21H33N3OS/c1-22-20(23-16-21(26-2)12-14-25-15-13-21)24-19-10-8-18(9-11-19)17-6-4-3-5-7-17/h3-7,18-19H,8-16H2,1-2H3,(H2,22,23,24). The van der Waals surface area contributed by atoms with Crippen LogP contribution in [-0.4, -0.2) is 49.8 Å². The number of ether oxygens (including phenoxy) is 1. The van der Waals surface area contributed by atoms with Gasteiger partial charge in [0.1, 0.15) is 0 Å². The molecule has 1 aromatic carbocycles. The highest BCUT2D eigenvalue weighted by atomic mass is 32.2. The van der Waals surface area contributed by atoms with Crippen molar-refractivity contribution in [2.24, 2.45) is 4.99 Å². The molecule has 1 aliphatic carbocycles. The predicted octanol–water partition coefficient (Wildman–Crippen LogP) is 3.79. The minimum atomic E-state index is 0.279. The van der Waals surface area contributed by atoms with Gasteiger partial charge in [0.05, 0.1) is 0 Å². The van der Waals surface area contributed by atoms with Gasteiger partial charge >= 0.3 is 0 Å².